The average molecular weight is 407 g/mol. The Balaban J connectivity index is 1.54. The molecule has 0 saturated heterocycles. The van der Waals surface area contributed by atoms with Crippen LogP contribution in [0.25, 0.3) is 0 Å². The summed E-state index contributed by atoms with van der Waals surface area (Å²) in [6.45, 7) is 2.63. The first-order valence-corrected chi connectivity index (χ1v) is 10.2. The van der Waals surface area contributed by atoms with Gasteiger partial charge in [-0.25, -0.2) is 4.98 Å². The summed E-state index contributed by atoms with van der Waals surface area (Å²) >= 11 is 1.57. The molecule has 0 radical (unpaired) electrons. The van der Waals surface area contributed by atoms with Crippen LogP contribution in [-0.2, 0) is 24.4 Å². The van der Waals surface area contributed by atoms with Crippen molar-refractivity contribution in [3.8, 4) is 5.75 Å². The maximum Gasteiger partial charge on any atom is 0.254 e. The number of aryl methyl sites for hydroxylation is 1. The minimum absolute atomic E-state index is 0.238. The third kappa shape index (κ3) is 4.14. The number of fused-ring (bicyclic) bond motifs is 1. The predicted molar refractivity (Wildman–Crippen MR) is 111 cm³/mol. The van der Waals surface area contributed by atoms with Gasteiger partial charge in [-0.2, -0.15) is 0 Å². The van der Waals surface area contributed by atoms with E-state index < -0.39 is 11.9 Å². The molecule has 3 aromatic rings. The number of ether oxygens (including phenoxy) is 1. The van der Waals surface area contributed by atoms with Crippen molar-refractivity contribution in [1.29, 1.82) is 0 Å². The average Bonchev–Trinajstić information content (AvgIpc) is 3.16. The van der Waals surface area contributed by atoms with E-state index in [0.717, 1.165) is 21.8 Å². The van der Waals surface area contributed by atoms with Gasteiger partial charge in [-0.15, -0.1) is 11.3 Å². The molecule has 0 saturated carbocycles. The van der Waals surface area contributed by atoms with Gasteiger partial charge in [0, 0.05) is 23.9 Å². The van der Waals surface area contributed by atoms with E-state index >= 15 is 0 Å². The van der Waals surface area contributed by atoms with Crippen LogP contribution in [0.3, 0.4) is 0 Å². The number of hydrogen-bond acceptors (Lipinski definition) is 5. The maximum absolute atomic E-state index is 13.2. The van der Waals surface area contributed by atoms with Crippen LogP contribution >= 0.6 is 11.3 Å². The van der Waals surface area contributed by atoms with Crippen LogP contribution in [0.1, 0.15) is 32.2 Å². The molecule has 0 unspecified atom stereocenters. The smallest absolute Gasteiger partial charge is 0.254 e. The van der Waals surface area contributed by atoms with E-state index in [2.05, 4.69) is 4.98 Å². The van der Waals surface area contributed by atoms with Gasteiger partial charge >= 0.3 is 0 Å². The van der Waals surface area contributed by atoms with Crippen molar-refractivity contribution in [2.45, 2.75) is 32.5 Å². The second-order valence-electron chi connectivity index (χ2n) is 7.00. The lowest BCUT2D eigenvalue weighted by molar-refractivity contribution is -0.122. The Kier molecular flexibility index (Phi) is 5.31. The van der Waals surface area contributed by atoms with Gasteiger partial charge in [0.15, 0.2) is 0 Å². The summed E-state index contributed by atoms with van der Waals surface area (Å²) in [4.78, 5) is 31.2. The molecule has 6 nitrogen and oxygen atoms in total. The fourth-order valence-corrected chi connectivity index (χ4v) is 4.10. The number of nitrogens with zero attached hydrogens (tertiary/aromatic N) is 2. The highest BCUT2D eigenvalue weighted by molar-refractivity contribution is 7.09. The lowest BCUT2D eigenvalue weighted by atomic mass is 9.93. The standard InChI is InChI=1S/C22H21N3O3S/c1-14-24-18(13-29-14)12-28-19-8-4-7-16(9-19)22(27)25-11-17-6-3-2-5-15(17)10-20(25)21(23)26/h2-9,13,20H,10-12H2,1H3,(H2,23,26)/t20-/m0/s1. The maximum atomic E-state index is 13.2. The van der Waals surface area contributed by atoms with E-state index in [-0.39, 0.29) is 5.91 Å². The Morgan fingerprint density at radius 2 is 2.00 bits per heavy atom. The monoisotopic (exact) mass is 407 g/mol. The molecule has 4 rings (SSSR count). The topological polar surface area (TPSA) is 85.5 Å². The number of benzene rings is 2. The molecule has 2 N–H and O–H groups in total. The number of thiazole rings is 1. The van der Waals surface area contributed by atoms with E-state index in [1.165, 1.54) is 0 Å². The van der Waals surface area contributed by atoms with E-state index in [1.807, 2.05) is 36.6 Å². The van der Waals surface area contributed by atoms with E-state index in [1.54, 1.807) is 40.5 Å². The predicted octanol–water partition coefficient (Wildman–Crippen LogP) is 3.08. The van der Waals surface area contributed by atoms with Gasteiger partial charge in [0.2, 0.25) is 5.91 Å². The zero-order valence-corrected chi connectivity index (χ0v) is 16.8. The second kappa shape index (κ2) is 8.05. The molecule has 1 aliphatic rings. The number of aromatic nitrogens is 1. The van der Waals surface area contributed by atoms with Gasteiger partial charge in [0.25, 0.3) is 5.91 Å². The minimum Gasteiger partial charge on any atom is -0.487 e. The number of rotatable bonds is 5. The van der Waals surface area contributed by atoms with Crippen molar-refractivity contribution in [1.82, 2.24) is 9.88 Å². The number of primary amides is 1. The molecule has 1 atom stereocenters. The molecule has 0 aliphatic carbocycles. The zero-order valence-electron chi connectivity index (χ0n) is 16.0. The fraction of sp³-hybridized carbons (Fsp3) is 0.227. The molecule has 0 fully saturated rings. The van der Waals surface area contributed by atoms with Crippen LogP contribution < -0.4 is 10.5 Å². The molecular weight excluding hydrogens is 386 g/mol. The van der Waals surface area contributed by atoms with Crippen molar-refractivity contribution in [3.63, 3.8) is 0 Å². The second-order valence-corrected chi connectivity index (χ2v) is 8.06. The summed E-state index contributed by atoms with van der Waals surface area (Å²) < 4.78 is 5.80. The van der Waals surface area contributed by atoms with Crippen LogP contribution in [0, 0.1) is 6.92 Å². The molecule has 7 heteroatoms. The third-order valence-corrected chi connectivity index (χ3v) is 5.79. The number of hydrogen-bond donors (Lipinski definition) is 1. The molecule has 29 heavy (non-hydrogen) atoms. The largest absolute Gasteiger partial charge is 0.487 e. The summed E-state index contributed by atoms with van der Waals surface area (Å²) in [5, 5.41) is 2.93. The van der Waals surface area contributed by atoms with Gasteiger partial charge < -0.3 is 15.4 Å². The van der Waals surface area contributed by atoms with Crippen LogP contribution in [0.5, 0.6) is 5.75 Å². The summed E-state index contributed by atoms with van der Waals surface area (Å²) in [5.74, 6) is -0.160. The highest BCUT2D eigenvalue weighted by Crippen LogP contribution is 2.26. The normalized spacial score (nSPS) is 15.6. The molecule has 0 bridgehead atoms. The minimum atomic E-state index is -0.667. The summed E-state index contributed by atoms with van der Waals surface area (Å²) in [6.07, 6.45) is 0.427. The summed E-state index contributed by atoms with van der Waals surface area (Å²) in [7, 11) is 0. The highest BCUT2D eigenvalue weighted by atomic mass is 32.1. The number of amides is 2. The SMILES string of the molecule is Cc1nc(COc2cccc(C(=O)N3Cc4ccccc4C[C@H]3C(N)=O)c2)cs1. The van der Waals surface area contributed by atoms with Crippen LogP contribution in [0.2, 0.25) is 0 Å². The van der Waals surface area contributed by atoms with Gasteiger partial charge in [0.1, 0.15) is 18.4 Å². The zero-order chi connectivity index (χ0) is 20.4. The lowest BCUT2D eigenvalue weighted by Crippen LogP contribution is -2.51. The van der Waals surface area contributed by atoms with Crippen molar-refractivity contribution in [2.75, 3.05) is 0 Å². The summed E-state index contributed by atoms with van der Waals surface area (Å²) in [5.41, 5.74) is 9.01. The van der Waals surface area contributed by atoms with Crippen molar-refractivity contribution >= 4 is 23.2 Å². The first kappa shape index (κ1) is 19.1. The lowest BCUT2D eigenvalue weighted by Gasteiger charge is -2.35. The quantitative estimate of drug-likeness (QED) is 0.704. The van der Waals surface area contributed by atoms with Gasteiger partial charge in [-0.3, -0.25) is 9.59 Å². The van der Waals surface area contributed by atoms with Gasteiger partial charge in [-0.1, -0.05) is 30.3 Å². The van der Waals surface area contributed by atoms with Gasteiger partial charge in [0.05, 0.1) is 10.7 Å². The number of carbonyl (C=O) groups is 2. The van der Waals surface area contributed by atoms with Crippen molar-refractivity contribution in [3.05, 3.63) is 81.3 Å². The third-order valence-electron chi connectivity index (χ3n) is 4.97. The van der Waals surface area contributed by atoms with Crippen LogP contribution in [-0.4, -0.2) is 27.7 Å². The molecule has 2 heterocycles. The molecule has 1 aliphatic heterocycles. The number of carbonyl (C=O) groups excluding carboxylic acids is 2. The van der Waals surface area contributed by atoms with Crippen LogP contribution in [0.15, 0.2) is 53.9 Å². The van der Waals surface area contributed by atoms with E-state index in [4.69, 9.17) is 10.5 Å². The van der Waals surface area contributed by atoms with Crippen molar-refractivity contribution in [2.24, 2.45) is 5.73 Å². The Morgan fingerprint density at radius 1 is 1.21 bits per heavy atom. The van der Waals surface area contributed by atoms with Crippen molar-refractivity contribution < 1.29 is 14.3 Å². The molecule has 148 valence electrons. The van der Waals surface area contributed by atoms with E-state index in [9.17, 15) is 9.59 Å². The fourth-order valence-electron chi connectivity index (χ4n) is 3.51. The molecular formula is C22H21N3O3S. The molecule has 2 aromatic carbocycles. The Labute approximate surface area is 172 Å². The first-order valence-electron chi connectivity index (χ1n) is 9.32. The molecule has 0 spiro atoms. The summed E-state index contributed by atoms with van der Waals surface area (Å²) in [6, 6.07) is 14.1. The Morgan fingerprint density at radius 3 is 2.72 bits per heavy atom. The Hall–Kier alpha value is -3.19. The van der Waals surface area contributed by atoms with E-state index in [0.29, 0.717) is 30.9 Å². The Bertz CT molecular complexity index is 1060. The first-order chi connectivity index (χ1) is 14.0. The highest BCUT2D eigenvalue weighted by Gasteiger charge is 2.33. The molecule has 2 amide bonds. The number of nitrogens with two attached hydrogens (primary N) is 1. The molecule has 1 aromatic heterocycles. The van der Waals surface area contributed by atoms with Gasteiger partial charge in [-0.05, 0) is 36.2 Å². The van der Waals surface area contributed by atoms with Crippen LogP contribution in [0.4, 0.5) is 0 Å².